The van der Waals surface area contributed by atoms with Crippen molar-refractivity contribution in [2.75, 3.05) is 17.3 Å². The molecular weight excluding hydrogens is 334 g/mol. The number of hydrogen-bond donors (Lipinski definition) is 0. The average molecular weight is 355 g/mol. The molecule has 1 aliphatic heterocycles. The quantitative estimate of drug-likeness (QED) is 0.742. The van der Waals surface area contributed by atoms with Crippen LogP contribution in [-0.4, -0.2) is 40.4 Å². The zero-order valence-electron chi connectivity index (χ0n) is 13.4. The standard InChI is InChI=1S/C15H21N3O3S2/c1-3-7-22-9-14-16-15(13-5-4-11(2)21-13)17-18(14)12-6-8-23(19,20)10-12/h4-5,12H,3,6-10H2,1-2H3/t12-/m0/s1. The average Bonchev–Trinajstić information content (AvgIpc) is 3.18. The molecule has 6 nitrogen and oxygen atoms in total. The van der Waals surface area contributed by atoms with Gasteiger partial charge in [0.05, 0.1) is 23.3 Å². The summed E-state index contributed by atoms with van der Waals surface area (Å²) in [5, 5.41) is 4.55. The summed E-state index contributed by atoms with van der Waals surface area (Å²) in [6.07, 6.45) is 1.70. The van der Waals surface area contributed by atoms with Crippen LogP contribution in [0, 0.1) is 6.92 Å². The van der Waals surface area contributed by atoms with E-state index in [2.05, 4.69) is 17.0 Å². The van der Waals surface area contributed by atoms with E-state index in [1.165, 1.54) is 0 Å². The summed E-state index contributed by atoms with van der Waals surface area (Å²) in [6, 6.07) is 3.61. The lowest BCUT2D eigenvalue weighted by Gasteiger charge is -2.11. The first-order chi connectivity index (χ1) is 11.0. The molecule has 0 saturated carbocycles. The van der Waals surface area contributed by atoms with Crippen LogP contribution in [0.5, 0.6) is 0 Å². The van der Waals surface area contributed by atoms with Gasteiger partial charge in [-0.25, -0.2) is 18.1 Å². The Balaban J connectivity index is 1.90. The number of furan rings is 1. The van der Waals surface area contributed by atoms with E-state index in [4.69, 9.17) is 4.42 Å². The highest BCUT2D eigenvalue weighted by Crippen LogP contribution is 2.28. The third-order valence-corrected chi connectivity index (χ3v) is 6.71. The van der Waals surface area contributed by atoms with E-state index in [1.54, 1.807) is 16.4 Å². The topological polar surface area (TPSA) is 78.0 Å². The molecule has 0 aromatic carbocycles. The highest BCUT2D eigenvalue weighted by molar-refractivity contribution is 7.98. The molecule has 0 aliphatic carbocycles. The molecule has 3 heterocycles. The van der Waals surface area contributed by atoms with Crippen LogP contribution >= 0.6 is 11.8 Å². The highest BCUT2D eigenvalue weighted by atomic mass is 32.2. The number of nitrogens with zero attached hydrogens (tertiary/aromatic N) is 3. The van der Waals surface area contributed by atoms with E-state index in [0.717, 1.165) is 29.5 Å². The Bertz CT molecular complexity index is 780. The summed E-state index contributed by atoms with van der Waals surface area (Å²) in [5.41, 5.74) is 0. The molecule has 2 aromatic rings. The maximum Gasteiger partial charge on any atom is 0.217 e. The van der Waals surface area contributed by atoms with Gasteiger partial charge in [-0.05, 0) is 37.7 Å². The number of thioether (sulfide) groups is 1. The van der Waals surface area contributed by atoms with Crippen LogP contribution in [0.3, 0.4) is 0 Å². The van der Waals surface area contributed by atoms with Gasteiger partial charge in [-0.2, -0.15) is 11.8 Å². The summed E-state index contributed by atoms with van der Waals surface area (Å²) >= 11 is 1.79. The Hall–Kier alpha value is -1.28. The van der Waals surface area contributed by atoms with E-state index >= 15 is 0 Å². The smallest absolute Gasteiger partial charge is 0.217 e. The van der Waals surface area contributed by atoms with Gasteiger partial charge in [-0.3, -0.25) is 0 Å². The van der Waals surface area contributed by atoms with E-state index in [9.17, 15) is 8.42 Å². The van der Waals surface area contributed by atoms with Crippen LogP contribution in [-0.2, 0) is 15.6 Å². The third kappa shape index (κ3) is 3.80. The van der Waals surface area contributed by atoms with Crippen LogP contribution in [0.4, 0.5) is 0 Å². The first-order valence-corrected chi connectivity index (χ1v) is 10.8. The maximum atomic E-state index is 11.8. The molecular formula is C15H21N3O3S2. The molecule has 0 spiro atoms. The molecule has 3 rings (SSSR count). The van der Waals surface area contributed by atoms with Gasteiger partial charge in [-0.1, -0.05) is 6.92 Å². The second-order valence-corrected chi connectivity index (χ2v) is 9.15. The van der Waals surface area contributed by atoms with Crippen LogP contribution in [0.2, 0.25) is 0 Å². The van der Waals surface area contributed by atoms with Gasteiger partial charge in [0.15, 0.2) is 15.6 Å². The Kier molecular flexibility index (Phi) is 4.82. The molecule has 23 heavy (non-hydrogen) atoms. The molecule has 0 bridgehead atoms. The minimum atomic E-state index is -2.96. The largest absolute Gasteiger partial charge is 0.458 e. The minimum Gasteiger partial charge on any atom is -0.458 e. The summed E-state index contributed by atoms with van der Waals surface area (Å²) in [7, 11) is -2.96. The second-order valence-electron chi connectivity index (χ2n) is 5.82. The van der Waals surface area contributed by atoms with Gasteiger partial charge in [0.1, 0.15) is 11.6 Å². The van der Waals surface area contributed by atoms with Gasteiger partial charge >= 0.3 is 0 Å². The zero-order chi connectivity index (χ0) is 16.4. The minimum absolute atomic E-state index is 0.116. The predicted molar refractivity (Wildman–Crippen MR) is 91.2 cm³/mol. The molecule has 0 amide bonds. The van der Waals surface area contributed by atoms with Crippen LogP contribution in [0.1, 0.15) is 37.4 Å². The monoisotopic (exact) mass is 355 g/mol. The normalized spacial score (nSPS) is 20.2. The second kappa shape index (κ2) is 6.68. The molecule has 0 N–H and O–H groups in total. The number of aryl methyl sites for hydroxylation is 1. The summed E-state index contributed by atoms with van der Waals surface area (Å²) in [6.45, 7) is 4.01. The predicted octanol–water partition coefficient (Wildman–Crippen LogP) is 2.85. The van der Waals surface area contributed by atoms with Crippen molar-refractivity contribution in [3.05, 3.63) is 23.7 Å². The zero-order valence-corrected chi connectivity index (χ0v) is 15.0. The molecule has 126 valence electrons. The van der Waals surface area contributed by atoms with Crippen molar-refractivity contribution in [3.63, 3.8) is 0 Å². The van der Waals surface area contributed by atoms with Crippen molar-refractivity contribution in [2.45, 2.75) is 38.5 Å². The van der Waals surface area contributed by atoms with E-state index in [1.807, 2.05) is 19.1 Å². The Morgan fingerprint density at radius 2 is 2.26 bits per heavy atom. The van der Waals surface area contributed by atoms with Crippen LogP contribution in [0.25, 0.3) is 11.6 Å². The summed E-state index contributed by atoms with van der Waals surface area (Å²) in [5.74, 6) is 4.96. The Labute approximate surface area is 140 Å². The molecule has 1 aliphatic rings. The van der Waals surface area contributed by atoms with E-state index in [0.29, 0.717) is 18.0 Å². The number of hydrogen-bond acceptors (Lipinski definition) is 6. The van der Waals surface area contributed by atoms with E-state index < -0.39 is 9.84 Å². The fraction of sp³-hybridized carbons (Fsp3) is 0.600. The molecule has 2 aromatic heterocycles. The first kappa shape index (κ1) is 16.6. The van der Waals surface area contributed by atoms with Crippen molar-refractivity contribution < 1.29 is 12.8 Å². The number of rotatable bonds is 6. The Morgan fingerprint density at radius 3 is 2.87 bits per heavy atom. The molecule has 1 atom stereocenters. The van der Waals surface area contributed by atoms with Crippen molar-refractivity contribution in [3.8, 4) is 11.6 Å². The van der Waals surface area contributed by atoms with Crippen molar-refractivity contribution in [1.82, 2.24) is 14.8 Å². The lowest BCUT2D eigenvalue weighted by molar-refractivity contribution is 0.483. The number of aromatic nitrogens is 3. The van der Waals surface area contributed by atoms with Gasteiger partial charge in [-0.15, -0.1) is 5.10 Å². The fourth-order valence-corrected chi connectivity index (χ4v) is 5.19. The lowest BCUT2D eigenvalue weighted by Crippen LogP contribution is -2.15. The third-order valence-electron chi connectivity index (χ3n) is 3.80. The summed E-state index contributed by atoms with van der Waals surface area (Å²) in [4.78, 5) is 4.60. The van der Waals surface area contributed by atoms with Gasteiger partial charge < -0.3 is 4.42 Å². The lowest BCUT2D eigenvalue weighted by atomic mass is 10.3. The highest BCUT2D eigenvalue weighted by Gasteiger charge is 2.32. The SMILES string of the molecule is CCCSCc1nc(-c2ccc(C)o2)nn1[C@H]1CCS(=O)(=O)C1. The molecule has 1 saturated heterocycles. The van der Waals surface area contributed by atoms with Crippen molar-refractivity contribution >= 4 is 21.6 Å². The summed E-state index contributed by atoms with van der Waals surface area (Å²) < 4.78 is 31.0. The maximum absolute atomic E-state index is 11.8. The Morgan fingerprint density at radius 1 is 1.43 bits per heavy atom. The molecule has 1 fully saturated rings. The first-order valence-electron chi connectivity index (χ1n) is 7.79. The van der Waals surface area contributed by atoms with Crippen LogP contribution < -0.4 is 0 Å². The van der Waals surface area contributed by atoms with Gasteiger partial charge in [0.25, 0.3) is 0 Å². The van der Waals surface area contributed by atoms with E-state index in [-0.39, 0.29) is 17.5 Å². The van der Waals surface area contributed by atoms with Crippen molar-refractivity contribution in [1.29, 1.82) is 0 Å². The van der Waals surface area contributed by atoms with Gasteiger partial charge in [0.2, 0.25) is 5.82 Å². The fourth-order valence-electron chi connectivity index (χ4n) is 2.68. The molecule has 0 unspecified atom stereocenters. The van der Waals surface area contributed by atoms with Gasteiger partial charge in [0, 0.05) is 0 Å². The molecule has 0 radical (unpaired) electrons. The number of sulfone groups is 1. The molecule has 8 heteroatoms. The van der Waals surface area contributed by atoms with Crippen molar-refractivity contribution in [2.24, 2.45) is 0 Å². The van der Waals surface area contributed by atoms with Crippen LogP contribution in [0.15, 0.2) is 16.5 Å².